The van der Waals surface area contributed by atoms with Crippen molar-refractivity contribution >= 4 is 17.2 Å². The average Bonchev–Trinajstić information content (AvgIpc) is 3.02. The molecule has 19 heavy (non-hydrogen) atoms. The number of carbonyl (C=O) groups is 1. The molecule has 0 saturated carbocycles. The van der Waals surface area contributed by atoms with E-state index in [0.29, 0.717) is 19.7 Å². The van der Waals surface area contributed by atoms with Crippen molar-refractivity contribution in [1.29, 1.82) is 0 Å². The molecule has 1 amide bonds. The monoisotopic (exact) mass is 278 g/mol. The standard InChI is InChI=1S/C14H18N2O2S/c1-10-5-12(8-18-10)14(17)16-7-13-6-11(9-19-13)3-2-4-15/h6,9-10,12H,4-5,7-8,15H2,1H3,(H,16,17). The summed E-state index contributed by atoms with van der Waals surface area (Å²) in [5.74, 6) is 5.86. The minimum absolute atomic E-state index is 0.00790. The molecular formula is C14H18N2O2S. The lowest BCUT2D eigenvalue weighted by Gasteiger charge is -2.08. The SMILES string of the molecule is CC1CC(C(=O)NCc2cc(C#CCN)cs2)CO1. The number of nitrogens with one attached hydrogen (secondary N) is 1. The van der Waals surface area contributed by atoms with E-state index >= 15 is 0 Å². The van der Waals surface area contributed by atoms with Crippen LogP contribution in [-0.2, 0) is 16.1 Å². The summed E-state index contributed by atoms with van der Waals surface area (Å²) in [4.78, 5) is 13.0. The largest absolute Gasteiger partial charge is 0.378 e. The molecule has 102 valence electrons. The summed E-state index contributed by atoms with van der Waals surface area (Å²) in [5.41, 5.74) is 6.28. The van der Waals surface area contributed by atoms with Crippen LogP contribution in [0.5, 0.6) is 0 Å². The van der Waals surface area contributed by atoms with E-state index in [2.05, 4.69) is 17.2 Å². The van der Waals surface area contributed by atoms with Crippen molar-refractivity contribution in [2.24, 2.45) is 11.7 Å². The van der Waals surface area contributed by atoms with Crippen LogP contribution in [0.3, 0.4) is 0 Å². The number of hydrogen-bond donors (Lipinski definition) is 2. The third-order valence-corrected chi connectivity index (χ3v) is 3.93. The zero-order valence-electron chi connectivity index (χ0n) is 10.9. The molecule has 1 aliphatic heterocycles. The predicted molar refractivity (Wildman–Crippen MR) is 75.6 cm³/mol. The molecule has 1 aromatic rings. The third-order valence-electron chi connectivity index (χ3n) is 2.99. The van der Waals surface area contributed by atoms with E-state index in [1.54, 1.807) is 11.3 Å². The highest BCUT2D eigenvalue weighted by Gasteiger charge is 2.27. The molecule has 2 unspecified atom stereocenters. The Balaban J connectivity index is 1.82. The normalized spacial score (nSPS) is 21.8. The maximum Gasteiger partial charge on any atom is 0.225 e. The molecular weight excluding hydrogens is 260 g/mol. The van der Waals surface area contributed by atoms with Gasteiger partial charge in [-0.05, 0) is 19.4 Å². The van der Waals surface area contributed by atoms with Gasteiger partial charge in [-0.3, -0.25) is 4.79 Å². The number of carbonyl (C=O) groups excluding carboxylic acids is 1. The maximum absolute atomic E-state index is 11.9. The molecule has 2 heterocycles. The van der Waals surface area contributed by atoms with Crippen LogP contribution in [-0.4, -0.2) is 25.2 Å². The summed E-state index contributed by atoms with van der Waals surface area (Å²) in [7, 11) is 0. The lowest BCUT2D eigenvalue weighted by molar-refractivity contribution is -0.125. The second kappa shape index (κ2) is 6.71. The highest BCUT2D eigenvalue weighted by atomic mass is 32.1. The van der Waals surface area contributed by atoms with Gasteiger partial charge < -0.3 is 15.8 Å². The Kier molecular flexibility index (Phi) is 4.97. The van der Waals surface area contributed by atoms with Crippen LogP contribution in [0, 0.1) is 17.8 Å². The molecule has 0 spiro atoms. The Hall–Kier alpha value is -1.35. The van der Waals surface area contributed by atoms with Gasteiger partial charge in [0.1, 0.15) is 0 Å². The smallest absolute Gasteiger partial charge is 0.225 e. The minimum Gasteiger partial charge on any atom is -0.378 e. The lowest BCUT2D eigenvalue weighted by Crippen LogP contribution is -2.30. The molecule has 1 aliphatic rings. The van der Waals surface area contributed by atoms with Gasteiger partial charge in [0.05, 0.1) is 31.7 Å². The van der Waals surface area contributed by atoms with E-state index in [1.807, 2.05) is 18.4 Å². The number of hydrogen-bond acceptors (Lipinski definition) is 4. The fourth-order valence-corrected chi connectivity index (χ4v) is 2.77. The molecule has 0 aliphatic carbocycles. The van der Waals surface area contributed by atoms with Crippen molar-refractivity contribution in [3.8, 4) is 11.8 Å². The zero-order valence-corrected chi connectivity index (χ0v) is 11.8. The molecule has 1 saturated heterocycles. The topological polar surface area (TPSA) is 64.4 Å². The third kappa shape index (κ3) is 4.06. The van der Waals surface area contributed by atoms with Gasteiger partial charge in [0.2, 0.25) is 5.91 Å². The van der Waals surface area contributed by atoms with Crippen molar-refractivity contribution in [2.75, 3.05) is 13.2 Å². The number of amides is 1. The van der Waals surface area contributed by atoms with E-state index in [1.165, 1.54) is 0 Å². The van der Waals surface area contributed by atoms with Gasteiger partial charge in [-0.1, -0.05) is 11.8 Å². The summed E-state index contributed by atoms with van der Waals surface area (Å²) in [5, 5.41) is 4.93. The fraction of sp³-hybridized carbons (Fsp3) is 0.500. The molecule has 1 aromatic heterocycles. The Morgan fingerprint density at radius 3 is 3.21 bits per heavy atom. The maximum atomic E-state index is 11.9. The van der Waals surface area contributed by atoms with E-state index in [0.717, 1.165) is 16.9 Å². The van der Waals surface area contributed by atoms with Crippen molar-refractivity contribution in [1.82, 2.24) is 5.32 Å². The zero-order chi connectivity index (χ0) is 13.7. The van der Waals surface area contributed by atoms with Crippen LogP contribution >= 0.6 is 11.3 Å². The molecule has 4 nitrogen and oxygen atoms in total. The molecule has 0 bridgehead atoms. The molecule has 0 radical (unpaired) electrons. The fourth-order valence-electron chi connectivity index (χ4n) is 2.01. The first-order valence-electron chi connectivity index (χ1n) is 6.34. The van der Waals surface area contributed by atoms with Crippen molar-refractivity contribution in [2.45, 2.75) is 26.0 Å². The van der Waals surface area contributed by atoms with E-state index in [-0.39, 0.29) is 17.9 Å². The Morgan fingerprint density at radius 2 is 2.53 bits per heavy atom. The van der Waals surface area contributed by atoms with E-state index in [9.17, 15) is 4.79 Å². The van der Waals surface area contributed by atoms with Gasteiger partial charge >= 0.3 is 0 Å². The summed E-state index contributed by atoms with van der Waals surface area (Å²) >= 11 is 1.60. The quantitative estimate of drug-likeness (QED) is 0.814. The van der Waals surface area contributed by atoms with Gasteiger partial charge in [0, 0.05) is 15.8 Å². The number of rotatable bonds is 3. The molecule has 0 aromatic carbocycles. The first kappa shape index (κ1) is 14.1. The number of nitrogens with two attached hydrogens (primary N) is 1. The van der Waals surface area contributed by atoms with Gasteiger partial charge in [-0.25, -0.2) is 0 Å². The van der Waals surface area contributed by atoms with Crippen molar-refractivity contribution in [3.05, 3.63) is 21.9 Å². The van der Waals surface area contributed by atoms with Gasteiger partial charge in [0.25, 0.3) is 0 Å². The highest BCUT2D eigenvalue weighted by Crippen LogP contribution is 2.19. The van der Waals surface area contributed by atoms with Crippen LogP contribution in [0.25, 0.3) is 0 Å². The second-order valence-corrected chi connectivity index (χ2v) is 5.60. The number of ether oxygens (including phenoxy) is 1. The average molecular weight is 278 g/mol. The van der Waals surface area contributed by atoms with Crippen molar-refractivity contribution < 1.29 is 9.53 Å². The predicted octanol–water partition coefficient (Wildman–Crippen LogP) is 1.10. The van der Waals surface area contributed by atoms with Crippen LogP contribution in [0.15, 0.2) is 11.4 Å². The Labute approximate surface area is 117 Å². The Bertz CT molecular complexity index is 501. The van der Waals surface area contributed by atoms with Gasteiger partial charge in [0.15, 0.2) is 0 Å². The van der Waals surface area contributed by atoms with Crippen LogP contribution in [0.2, 0.25) is 0 Å². The number of thiophene rings is 1. The van der Waals surface area contributed by atoms with Gasteiger partial charge in [-0.2, -0.15) is 0 Å². The van der Waals surface area contributed by atoms with Crippen LogP contribution < -0.4 is 11.1 Å². The lowest BCUT2D eigenvalue weighted by atomic mass is 10.1. The molecule has 2 rings (SSSR count). The highest BCUT2D eigenvalue weighted by molar-refractivity contribution is 7.10. The minimum atomic E-state index is -0.00790. The van der Waals surface area contributed by atoms with E-state index in [4.69, 9.17) is 10.5 Å². The Morgan fingerprint density at radius 1 is 1.68 bits per heavy atom. The van der Waals surface area contributed by atoms with E-state index < -0.39 is 0 Å². The first-order chi connectivity index (χ1) is 9.19. The van der Waals surface area contributed by atoms with Crippen LogP contribution in [0.4, 0.5) is 0 Å². The second-order valence-electron chi connectivity index (χ2n) is 4.60. The summed E-state index contributed by atoms with van der Waals surface area (Å²) in [6.45, 7) is 3.44. The molecule has 5 heteroatoms. The first-order valence-corrected chi connectivity index (χ1v) is 7.22. The van der Waals surface area contributed by atoms with Gasteiger partial charge in [-0.15, -0.1) is 11.3 Å². The molecule has 3 N–H and O–H groups in total. The van der Waals surface area contributed by atoms with Crippen molar-refractivity contribution in [3.63, 3.8) is 0 Å². The molecule has 2 atom stereocenters. The van der Waals surface area contributed by atoms with Crippen LogP contribution in [0.1, 0.15) is 23.8 Å². The summed E-state index contributed by atoms with van der Waals surface area (Å²) in [6, 6.07) is 1.99. The summed E-state index contributed by atoms with van der Waals surface area (Å²) < 4.78 is 5.40. The summed E-state index contributed by atoms with van der Waals surface area (Å²) in [6.07, 6.45) is 0.999. The molecule has 1 fully saturated rings.